The van der Waals surface area contributed by atoms with Gasteiger partial charge in [-0.2, -0.15) is 0 Å². The number of hydrogen-bond donors (Lipinski definition) is 2. The van der Waals surface area contributed by atoms with E-state index in [0.29, 0.717) is 16.1 Å². The summed E-state index contributed by atoms with van der Waals surface area (Å²) in [6.07, 6.45) is 1.25. The van der Waals surface area contributed by atoms with E-state index in [9.17, 15) is 14.4 Å². The van der Waals surface area contributed by atoms with Crippen LogP contribution in [0.5, 0.6) is 0 Å². The molecular weight excluding hydrogens is 356 g/mol. The topological polar surface area (TPSA) is 93.1 Å². The zero-order valence-corrected chi connectivity index (χ0v) is 14.4. The number of halogens is 1. The molecule has 0 aliphatic rings. The normalized spacial score (nSPS) is 10.5. The largest absolute Gasteiger partial charge is 0.296 e. The zero-order chi connectivity index (χ0) is 18.5. The van der Waals surface area contributed by atoms with Crippen molar-refractivity contribution < 1.29 is 9.59 Å². The molecule has 1 aromatic heterocycles. The molecule has 2 N–H and O–H groups in total. The van der Waals surface area contributed by atoms with Gasteiger partial charge in [0.1, 0.15) is 6.54 Å². The van der Waals surface area contributed by atoms with Gasteiger partial charge in [-0.05, 0) is 29.8 Å². The summed E-state index contributed by atoms with van der Waals surface area (Å²) >= 11 is 5.79. The second-order valence-electron chi connectivity index (χ2n) is 5.57. The lowest BCUT2D eigenvalue weighted by atomic mass is 10.1. The van der Waals surface area contributed by atoms with Gasteiger partial charge in [-0.15, -0.1) is 0 Å². The molecule has 8 heteroatoms. The average molecular weight is 371 g/mol. The fourth-order valence-electron chi connectivity index (χ4n) is 2.43. The highest BCUT2D eigenvalue weighted by atomic mass is 35.5. The number of hydrogen-bond acceptors (Lipinski definition) is 4. The minimum absolute atomic E-state index is 0.0928. The molecular formula is C18H15ClN4O3. The third-order valence-corrected chi connectivity index (χ3v) is 3.93. The lowest BCUT2D eigenvalue weighted by molar-refractivity contribution is -0.128. The Kier molecular flexibility index (Phi) is 5.28. The smallest absolute Gasteiger partial charge is 0.269 e. The predicted octanol–water partition coefficient (Wildman–Crippen LogP) is 1.44. The summed E-state index contributed by atoms with van der Waals surface area (Å²) in [5.74, 6) is -0.902. The third-order valence-electron chi connectivity index (χ3n) is 3.67. The first-order chi connectivity index (χ1) is 12.5. The Morgan fingerprint density at radius 1 is 1.00 bits per heavy atom. The van der Waals surface area contributed by atoms with Crippen molar-refractivity contribution in [3.05, 3.63) is 75.7 Å². The van der Waals surface area contributed by atoms with Crippen LogP contribution in [0.2, 0.25) is 5.02 Å². The van der Waals surface area contributed by atoms with E-state index in [1.54, 1.807) is 48.5 Å². The summed E-state index contributed by atoms with van der Waals surface area (Å²) < 4.78 is 1.29. The number of amides is 2. The van der Waals surface area contributed by atoms with Crippen molar-refractivity contribution in [2.24, 2.45) is 0 Å². The van der Waals surface area contributed by atoms with E-state index in [2.05, 4.69) is 15.8 Å². The fourth-order valence-corrected chi connectivity index (χ4v) is 2.56. The summed E-state index contributed by atoms with van der Waals surface area (Å²) in [4.78, 5) is 40.0. The Balaban J connectivity index is 1.61. The van der Waals surface area contributed by atoms with Crippen LogP contribution in [-0.2, 0) is 22.6 Å². The first-order valence-corrected chi connectivity index (χ1v) is 8.17. The molecule has 2 amide bonds. The monoisotopic (exact) mass is 370 g/mol. The molecule has 0 aliphatic carbocycles. The van der Waals surface area contributed by atoms with Crippen molar-refractivity contribution in [1.82, 2.24) is 20.4 Å². The van der Waals surface area contributed by atoms with Gasteiger partial charge >= 0.3 is 0 Å². The minimum Gasteiger partial charge on any atom is -0.296 e. The van der Waals surface area contributed by atoms with Crippen LogP contribution in [0, 0.1) is 0 Å². The van der Waals surface area contributed by atoms with Gasteiger partial charge in [0.25, 0.3) is 11.5 Å². The zero-order valence-electron chi connectivity index (χ0n) is 13.6. The maximum Gasteiger partial charge on any atom is 0.269 e. The quantitative estimate of drug-likeness (QED) is 0.680. The molecule has 0 fully saturated rings. The van der Waals surface area contributed by atoms with Crippen molar-refractivity contribution in [3.63, 3.8) is 0 Å². The van der Waals surface area contributed by atoms with Crippen molar-refractivity contribution in [2.75, 3.05) is 0 Å². The van der Waals surface area contributed by atoms with E-state index in [0.717, 1.165) is 11.8 Å². The van der Waals surface area contributed by atoms with E-state index >= 15 is 0 Å². The fraction of sp³-hybridized carbons (Fsp3) is 0.111. The Bertz CT molecular complexity index is 1010. The molecule has 1 heterocycles. The number of carbonyl (C=O) groups is 2. The third kappa shape index (κ3) is 4.25. The SMILES string of the molecule is O=C(Cc1ccc(Cl)cc1)NNC(=O)Cn1c(=O)cnc2ccccc21. The molecule has 0 spiro atoms. The number of fused-ring (bicyclic) bond motifs is 1. The molecule has 0 unspecified atom stereocenters. The van der Waals surface area contributed by atoms with Crippen molar-refractivity contribution >= 4 is 34.4 Å². The average Bonchev–Trinajstić information content (AvgIpc) is 2.64. The van der Waals surface area contributed by atoms with Gasteiger partial charge in [0.2, 0.25) is 5.91 Å². The van der Waals surface area contributed by atoms with Gasteiger partial charge in [0.15, 0.2) is 0 Å². The maximum atomic E-state index is 12.1. The molecule has 0 saturated heterocycles. The lowest BCUT2D eigenvalue weighted by Crippen LogP contribution is -2.44. The lowest BCUT2D eigenvalue weighted by Gasteiger charge is -2.11. The number of para-hydroxylation sites is 2. The van der Waals surface area contributed by atoms with Crippen molar-refractivity contribution in [3.8, 4) is 0 Å². The second-order valence-corrected chi connectivity index (χ2v) is 6.01. The molecule has 3 aromatic rings. The molecule has 26 heavy (non-hydrogen) atoms. The molecule has 132 valence electrons. The molecule has 0 aliphatic heterocycles. The van der Waals surface area contributed by atoms with Gasteiger partial charge < -0.3 is 0 Å². The Morgan fingerprint density at radius 2 is 1.69 bits per heavy atom. The molecule has 7 nitrogen and oxygen atoms in total. The Morgan fingerprint density at radius 3 is 2.46 bits per heavy atom. The van der Waals surface area contributed by atoms with Crippen LogP contribution in [-0.4, -0.2) is 21.4 Å². The predicted molar refractivity (Wildman–Crippen MR) is 97.4 cm³/mol. The second kappa shape index (κ2) is 7.79. The van der Waals surface area contributed by atoms with Crippen molar-refractivity contribution in [1.29, 1.82) is 0 Å². The van der Waals surface area contributed by atoms with Crippen LogP contribution < -0.4 is 16.4 Å². The Labute approximate surface area is 153 Å². The van der Waals surface area contributed by atoms with E-state index < -0.39 is 11.5 Å². The summed E-state index contributed by atoms with van der Waals surface area (Å²) in [5.41, 5.74) is 6.15. The maximum absolute atomic E-state index is 12.1. The molecule has 0 radical (unpaired) electrons. The Hall–Kier alpha value is -3.19. The van der Waals surface area contributed by atoms with Gasteiger partial charge in [0.05, 0.1) is 23.7 Å². The van der Waals surface area contributed by atoms with Crippen LogP contribution >= 0.6 is 11.6 Å². The van der Waals surface area contributed by atoms with Gasteiger partial charge in [-0.25, -0.2) is 4.98 Å². The summed E-state index contributed by atoms with van der Waals surface area (Å²) in [7, 11) is 0. The highest BCUT2D eigenvalue weighted by molar-refractivity contribution is 6.30. The number of nitrogens with zero attached hydrogens (tertiary/aromatic N) is 2. The van der Waals surface area contributed by atoms with E-state index in [4.69, 9.17) is 11.6 Å². The highest BCUT2D eigenvalue weighted by Gasteiger charge is 2.10. The standard InChI is InChI=1S/C18H15ClN4O3/c19-13-7-5-12(6-8-13)9-16(24)21-22-17(25)11-23-15-4-2-1-3-14(15)20-10-18(23)26/h1-8,10H,9,11H2,(H,21,24)(H,22,25). The van der Waals surface area contributed by atoms with Gasteiger partial charge in [-0.1, -0.05) is 35.9 Å². The highest BCUT2D eigenvalue weighted by Crippen LogP contribution is 2.10. The van der Waals surface area contributed by atoms with E-state index in [1.165, 1.54) is 4.57 Å². The molecule has 2 aromatic carbocycles. The summed E-state index contributed by atoms with van der Waals surface area (Å²) in [5, 5.41) is 0.581. The molecule has 0 bridgehead atoms. The first-order valence-electron chi connectivity index (χ1n) is 7.79. The minimum atomic E-state index is -0.520. The number of hydrazine groups is 1. The van der Waals surface area contributed by atoms with Crippen LogP contribution in [0.1, 0.15) is 5.56 Å². The van der Waals surface area contributed by atoms with E-state index in [1.807, 2.05) is 0 Å². The van der Waals surface area contributed by atoms with E-state index in [-0.39, 0.29) is 18.9 Å². The molecule has 0 saturated carbocycles. The number of aromatic nitrogens is 2. The van der Waals surface area contributed by atoms with Gasteiger partial charge in [0, 0.05) is 5.02 Å². The number of benzene rings is 2. The van der Waals surface area contributed by atoms with Crippen LogP contribution in [0.3, 0.4) is 0 Å². The molecule has 3 rings (SSSR count). The molecule has 0 atom stereocenters. The number of nitrogens with one attached hydrogen (secondary N) is 2. The van der Waals surface area contributed by atoms with Crippen molar-refractivity contribution in [2.45, 2.75) is 13.0 Å². The van der Waals surface area contributed by atoms with Crippen LogP contribution in [0.4, 0.5) is 0 Å². The first kappa shape index (κ1) is 17.6. The number of rotatable bonds is 4. The summed E-state index contributed by atoms with van der Waals surface area (Å²) in [6.45, 7) is -0.233. The van der Waals surface area contributed by atoms with Gasteiger partial charge in [-0.3, -0.25) is 29.8 Å². The van der Waals surface area contributed by atoms with Crippen LogP contribution in [0.25, 0.3) is 11.0 Å². The number of carbonyl (C=O) groups excluding carboxylic acids is 2. The summed E-state index contributed by atoms with van der Waals surface area (Å²) in [6, 6.07) is 13.8. The van der Waals surface area contributed by atoms with Crippen LogP contribution in [0.15, 0.2) is 59.5 Å².